The van der Waals surface area contributed by atoms with Gasteiger partial charge in [0.1, 0.15) is 12.0 Å². The fraction of sp³-hybridized carbons (Fsp3) is 0.286. The van der Waals surface area contributed by atoms with E-state index in [1.807, 2.05) is 13.0 Å². The van der Waals surface area contributed by atoms with Crippen LogP contribution in [-0.2, 0) is 20.7 Å². The third-order valence-corrected chi connectivity index (χ3v) is 4.48. The van der Waals surface area contributed by atoms with Gasteiger partial charge in [-0.2, -0.15) is 8.42 Å². The van der Waals surface area contributed by atoms with Gasteiger partial charge in [0, 0.05) is 6.42 Å². The molecule has 0 aliphatic rings. The fourth-order valence-corrected chi connectivity index (χ4v) is 2.96. The first kappa shape index (κ1) is 15.3. The Balaban J connectivity index is 1.85. The van der Waals surface area contributed by atoms with Crippen LogP contribution >= 0.6 is 15.9 Å². The van der Waals surface area contributed by atoms with Crippen LogP contribution in [0.15, 0.2) is 50.4 Å². The molecule has 0 N–H and O–H groups in total. The SMILES string of the molecule is Cc1ccc(S(=O)(=O)OCCCc2cc(Br)co2)cc1. The normalized spacial score (nSPS) is 11.7. The molecule has 0 aliphatic carbocycles. The van der Waals surface area contributed by atoms with Crippen molar-refractivity contribution in [2.75, 3.05) is 6.61 Å². The Morgan fingerprint density at radius 3 is 2.55 bits per heavy atom. The van der Waals surface area contributed by atoms with Gasteiger partial charge < -0.3 is 4.42 Å². The molecule has 0 unspecified atom stereocenters. The van der Waals surface area contributed by atoms with E-state index in [-0.39, 0.29) is 11.5 Å². The number of benzene rings is 1. The van der Waals surface area contributed by atoms with E-state index in [4.69, 9.17) is 8.60 Å². The molecule has 4 nitrogen and oxygen atoms in total. The van der Waals surface area contributed by atoms with Gasteiger partial charge in [-0.25, -0.2) is 0 Å². The molecule has 108 valence electrons. The maximum Gasteiger partial charge on any atom is 0.296 e. The lowest BCUT2D eigenvalue weighted by molar-refractivity contribution is 0.307. The molecule has 0 aliphatic heterocycles. The van der Waals surface area contributed by atoms with Crippen LogP contribution in [0.2, 0.25) is 0 Å². The third-order valence-electron chi connectivity index (χ3n) is 2.74. The first-order valence-electron chi connectivity index (χ1n) is 6.16. The molecule has 2 rings (SSSR count). The summed E-state index contributed by atoms with van der Waals surface area (Å²) >= 11 is 3.29. The molecule has 0 radical (unpaired) electrons. The average Bonchev–Trinajstić information content (AvgIpc) is 2.81. The summed E-state index contributed by atoms with van der Waals surface area (Å²) in [6.45, 7) is 2.03. The largest absolute Gasteiger partial charge is 0.468 e. The second kappa shape index (κ2) is 6.56. The summed E-state index contributed by atoms with van der Waals surface area (Å²) in [5, 5.41) is 0. The number of hydrogen-bond acceptors (Lipinski definition) is 4. The van der Waals surface area contributed by atoms with Crippen LogP contribution < -0.4 is 0 Å². The van der Waals surface area contributed by atoms with E-state index < -0.39 is 10.1 Å². The molecule has 0 atom stereocenters. The second-order valence-electron chi connectivity index (χ2n) is 4.42. The molecule has 6 heteroatoms. The van der Waals surface area contributed by atoms with Crippen molar-refractivity contribution >= 4 is 26.0 Å². The van der Waals surface area contributed by atoms with Crippen LogP contribution in [0.25, 0.3) is 0 Å². The van der Waals surface area contributed by atoms with Gasteiger partial charge in [0.05, 0.1) is 16.0 Å². The van der Waals surface area contributed by atoms with Crippen molar-refractivity contribution < 1.29 is 17.0 Å². The lowest BCUT2D eigenvalue weighted by Gasteiger charge is -2.05. The minimum atomic E-state index is -3.67. The summed E-state index contributed by atoms with van der Waals surface area (Å²) in [6, 6.07) is 8.45. The summed E-state index contributed by atoms with van der Waals surface area (Å²) in [5.41, 5.74) is 1.01. The molecule has 0 bridgehead atoms. The molecule has 2 aromatic rings. The van der Waals surface area contributed by atoms with Crippen molar-refractivity contribution in [1.29, 1.82) is 0 Å². The Kier molecular flexibility index (Phi) is 5.01. The molecule has 0 fully saturated rings. The van der Waals surface area contributed by atoms with Crippen LogP contribution in [-0.4, -0.2) is 15.0 Å². The maximum absolute atomic E-state index is 11.9. The average molecular weight is 359 g/mol. The fourth-order valence-electron chi connectivity index (χ4n) is 1.67. The zero-order chi connectivity index (χ0) is 14.6. The number of hydrogen-bond donors (Lipinski definition) is 0. The lowest BCUT2D eigenvalue weighted by Crippen LogP contribution is -2.08. The van der Waals surface area contributed by atoms with Crippen molar-refractivity contribution in [2.45, 2.75) is 24.7 Å². The molecule has 0 spiro atoms. The number of rotatable bonds is 6. The maximum atomic E-state index is 11.9. The van der Waals surface area contributed by atoms with Gasteiger partial charge in [-0.3, -0.25) is 4.18 Å². The van der Waals surface area contributed by atoms with Crippen molar-refractivity contribution in [3.05, 3.63) is 52.4 Å². The van der Waals surface area contributed by atoms with E-state index >= 15 is 0 Å². The van der Waals surface area contributed by atoms with Gasteiger partial charge in [0.25, 0.3) is 10.1 Å². The standard InChI is InChI=1S/C14H15BrO4S/c1-11-4-6-14(7-5-11)20(16,17)19-8-2-3-13-9-12(15)10-18-13/h4-7,9-10H,2-3,8H2,1H3. The lowest BCUT2D eigenvalue weighted by atomic mass is 10.2. The van der Waals surface area contributed by atoms with Gasteiger partial charge in [0.2, 0.25) is 0 Å². The van der Waals surface area contributed by atoms with E-state index in [1.165, 1.54) is 0 Å². The Hall–Kier alpha value is -1.11. The number of furan rings is 1. The topological polar surface area (TPSA) is 56.5 Å². The van der Waals surface area contributed by atoms with Crippen molar-refractivity contribution in [2.24, 2.45) is 0 Å². The molecule has 0 saturated carbocycles. The summed E-state index contributed by atoms with van der Waals surface area (Å²) in [6.07, 6.45) is 2.80. The molecule has 20 heavy (non-hydrogen) atoms. The molecular weight excluding hydrogens is 344 g/mol. The molecular formula is C14H15BrO4S. The van der Waals surface area contributed by atoms with Crippen molar-refractivity contribution in [3.63, 3.8) is 0 Å². The Morgan fingerprint density at radius 1 is 1.25 bits per heavy atom. The van der Waals surface area contributed by atoms with Gasteiger partial charge in [-0.05, 0) is 47.5 Å². The van der Waals surface area contributed by atoms with Crippen LogP contribution in [0.1, 0.15) is 17.7 Å². The smallest absolute Gasteiger partial charge is 0.296 e. The Labute approximate surface area is 127 Å². The third kappa shape index (κ3) is 4.19. The predicted octanol–water partition coefficient (Wildman–Crippen LogP) is 3.69. The minimum absolute atomic E-state index is 0.133. The van der Waals surface area contributed by atoms with Crippen LogP contribution in [0, 0.1) is 6.92 Å². The highest BCUT2D eigenvalue weighted by atomic mass is 79.9. The first-order chi connectivity index (χ1) is 9.47. The van der Waals surface area contributed by atoms with E-state index in [1.54, 1.807) is 30.5 Å². The van der Waals surface area contributed by atoms with E-state index in [9.17, 15) is 8.42 Å². The van der Waals surface area contributed by atoms with Crippen LogP contribution in [0.4, 0.5) is 0 Å². The zero-order valence-electron chi connectivity index (χ0n) is 11.0. The van der Waals surface area contributed by atoms with E-state index in [0.717, 1.165) is 15.8 Å². The van der Waals surface area contributed by atoms with Gasteiger partial charge in [-0.1, -0.05) is 17.7 Å². The van der Waals surface area contributed by atoms with Crippen LogP contribution in [0.3, 0.4) is 0 Å². The van der Waals surface area contributed by atoms with E-state index in [2.05, 4.69) is 15.9 Å². The number of aryl methyl sites for hydroxylation is 2. The summed E-state index contributed by atoms with van der Waals surface area (Å²) in [5.74, 6) is 0.799. The minimum Gasteiger partial charge on any atom is -0.468 e. The summed E-state index contributed by atoms with van der Waals surface area (Å²) in [7, 11) is -3.67. The monoisotopic (exact) mass is 358 g/mol. The summed E-state index contributed by atoms with van der Waals surface area (Å²) < 4.78 is 34.9. The van der Waals surface area contributed by atoms with Crippen molar-refractivity contribution in [1.82, 2.24) is 0 Å². The first-order valence-corrected chi connectivity index (χ1v) is 8.36. The molecule has 1 heterocycles. The highest BCUT2D eigenvalue weighted by molar-refractivity contribution is 9.10. The number of halogens is 1. The molecule has 1 aromatic heterocycles. The van der Waals surface area contributed by atoms with Crippen LogP contribution in [0.5, 0.6) is 0 Å². The van der Waals surface area contributed by atoms with Crippen molar-refractivity contribution in [3.8, 4) is 0 Å². The summed E-state index contributed by atoms with van der Waals surface area (Å²) in [4.78, 5) is 0.184. The van der Waals surface area contributed by atoms with Gasteiger partial charge in [0.15, 0.2) is 0 Å². The highest BCUT2D eigenvalue weighted by Gasteiger charge is 2.14. The molecule has 0 amide bonds. The predicted molar refractivity (Wildman–Crippen MR) is 79.0 cm³/mol. The quantitative estimate of drug-likeness (QED) is 0.583. The Morgan fingerprint density at radius 2 is 1.95 bits per heavy atom. The van der Waals surface area contributed by atoms with Gasteiger partial charge in [-0.15, -0.1) is 0 Å². The van der Waals surface area contributed by atoms with Gasteiger partial charge >= 0.3 is 0 Å². The van der Waals surface area contributed by atoms with E-state index in [0.29, 0.717) is 12.8 Å². The molecule has 0 saturated heterocycles. The zero-order valence-corrected chi connectivity index (χ0v) is 13.4. The second-order valence-corrected chi connectivity index (χ2v) is 6.95. The molecule has 1 aromatic carbocycles. The Bertz CT molecular complexity index is 659. The highest BCUT2D eigenvalue weighted by Crippen LogP contribution is 2.16.